The van der Waals surface area contributed by atoms with Crippen LogP contribution in [0.3, 0.4) is 0 Å². The van der Waals surface area contributed by atoms with Crippen LogP contribution in [0.25, 0.3) is 0 Å². The normalized spacial score (nSPS) is 17.8. The van der Waals surface area contributed by atoms with Crippen molar-refractivity contribution in [2.45, 2.75) is 25.4 Å². The second-order valence-corrected chi connectivity index (χ2v) is 6.30. The zero-order valence-corrected chi connectivity index (χ0v) is 13.1. The van der Waals surface area contributed by atoms with Crippen LogP contribution in [-0.2, 0) is 4.79 Å². The van der Waals surface area contributed by atoms with Gasteiger partial charge in [-0.2, -0.15) is 0 Å². The molecule has 0 bridgehead atoms. The molecule has 4 nitrogen and oxygen atoms in total. The third-order valence-electron chi connectivity index (χ3n) is 3.86. The summed E-state index contributed by atoms with van der Waals surface area (Å²) in [4.78, 5) is 13.9. The Kier molecular flexibility index (Phi) is 5.88. The molecule has 1 saturated heterocycles. The van der Waals surface area contributed by atoms with Crippen LogP contribution in [0.1, 0.15) is 30.9 Å². The number of nitrogens with zero attached hydrogens (tertiary/aromatic N) is 1. The molecule has 1 aliphatic rings. The van der Waals surface area contributed by atoms with Gasteiger partial charge >= 0.3 is 0 Å². The highest BCUT2D eigenvalue weighted by Gasteiger charge is 2.24. The fourth-order valence-corrected chi connectivity index (χ4v) is 3.09. The summed E-state index contributed by atoms with van der Waals surface area (Å²) in [6, 6.07) is 4.81. The Morgan fingerprint density at radius 3 is 2.33 bits per heavy atom. The van der Waals surface area contributed by atoms with E-state index < -0.39 is 6.10 Å². The minimum Gasteiger partial charge on any atom is -0.396 e. The number of hydrogen-bond donors (Lipinski definition) is 2. The van der Waals surface area contributed by atoms with Gasteiger partial charge < -0.3 is 15.1 Å². The smallest absolute Gasteiger partial charge is 0.225 e. The number of benzene rings is 1. The van der Waals surface area contributed by atoms with E-state index in [1.165, 1.54) is 0 Å². The molecule has 1 fully saturated rings. The monoisotopic (exact) mass is 331 g/mol. The summed E-state index contributed by atoms with van der Waals surface area (Å²) >= 11 is 11.8. The van der Waals surface area contributed by atoms with E-state index >= 15 is 0 Å². The summed E-state index contributed by atoms with van der Waals surface area (Å²) in [5.74, 6) is 0.195. The first-order valence-corrected chi connectivity index (χ1v) is 7.78. The summed E-state index contributed by atoms with van der Waals surface area (Å²) in [6.07, 6.45) is 0.715. The number of piperidine rings is 1. The third kappa shape index (κ3) is 4.58. The average Bonchev–Trinajstić information content (AvgIpc) is 2.46. The summed E-state index contributed by atoms with van der Waals surface area (Å²) < 4.78 is 0. The minimum absolute atomic E-state index is 0.0143. The van der Waals surface area contributed by atoms with Gasteiger partial charge in [-0.15, -0.1) is 0 Å². The number of carbonyl (C=O) groups is 1. The first-order chi connectivity index (χ1) is 9.99. The van der Waals surface area contributed by atoms with Crippen LogP contribution in [0.2, 0.25) is 10.0 Å². The van der Waals surface area contributed by atoms with Gasteiger partial charge in [0.2, 0.25) is 5.91 Å². The Morgan fingerprint density at radius 2 is 1.81 bits per heavy atom. The van der Waals surface area contributed by atoms with Crippen LogP contribution in [0.5, 0.6) is 0 Å². The summed E-state index contributed by atoms with van der Waals surface area (Å²) in [6.45, 7) is 1.44. The molecule has 0 aliphatic carbocycles. The Labute approximate surface area is 134 Å². The van der Waals surface area contributed by atoms with E-state index in [9.17, 15) is 9.90 Å². The largest absolute Gasteiger partial charge is 0.396 e. The van der Waals surface area contributed by atoms with Gasteiger partial charge in [0, 0.05) is 29.7 Å². The number of amides is 1. The number of aliphatic hydroxyl groups is 2. The van der Waals surface area contributed by atoms with Gasteiger partial charge in [0.15, 0.2) is 0 Å². The van der Waals surface area contributed by atoms with Crippen molar-refractivity contribution in [1.82, 2.24) is 4.90 Å². The fourth-order valence-electron chi connectivity index (χ4n) is 2.54. The number of rotatable bonds is 4. The van der Waals surface area contributed by atoms with Gasteiger partial charge in [-0.05, 0) is 42.5 Å². The second-order valence-electron chi connectivity index (χ2n) is 5.43. The van der Waals surface area contributed by atoms with Crippen molar-refractivity contribution in [1.29, 1.82) is 0 Å². The Morgan fingerprint density at radius 1 is 1.24 bits per heavy atom. The molecule has 1 amide bonds. The van der Waals surface area contributed by atoms with Crippen LogP contribution in [0.4, 0.5) is 0 Å². The average molecular weight is 332 g/mol. The molecule has 1 aromatic rings. The maximum atomic E-state index is 12.2. The van der Waals surface area contributed by atoms with Crippen molar-refractivity contribution in [3.63, 3.8) is 0 Å². The van der Waals surface area contributed by atoms with Gasteiger partial charge in [0.1, 0.15) is 0 Å². The zero-order valence-electron chi connectivity index (χ0n) is 11.6. The van der Waals surface area contributed by atoms with E-state index in [-0.39, 0.29) is 24.9 Å². The molecule has 1 aromatic carbocycles. The van der Waals surface area contributed by atoms with Crippen molar-refractivity contribution in [3.8, 4) is 0 Å². The predicted octanol–water partition coefficient (Wildman–Crippen LogP) is 2.65. The van der Waals surface area contributed by atoms with Crippen LogP contribution in [0.15, 0.2) is 18.2 Å². The van der Waals surface area contributed by atoms with Crippen molar-refractivity contribution >= 4 is 29.1 Å². The summed E-state index contributed by atoms with van der Waals surface area (Å²) in [5, 5.41) is 20.1. The van der Waals surface area contributed by atoms with Crippen molar-refractivity contribution in [3.05, 3.63) is 33.8 Å². The molecular formula is C15H19Cl2NO3. The third-order valence-corrected chi connectivity index (χ3v) is 4.30. The number of hydrogen-bond acceptors (Lipinski definition) is 3. The topological polar surface area (TPSA) is 60.8 Å². The van der Waals surface area contributed by atoms with E-state index in [1.807, 2.05) is 0 Å². The molecule has 116 valence electrons. The maximum Gasteiger partial charge on any atom is 0.225 e. The van der Waals surface area contributed by atoms with E-state index in [0.29, 0.717) is 28.7 Å². The summed E-state index contributed by atoms with van der Waals surface area (Å²) in [7, 11) is 0. The molecule has 2 N–H and O–H groups in total. The van der Waals surface area contributed by atoms with Gasteiger partial charge in [0.25, 0.3) is 0 Å². The van der Waals surface area contributed by atoms with Crippen LogP contribution >= 0.6 is 23.2 Å². The molecule has 0 aromatic heterocycles. The summed E-state index contributed by atoms with van der Waals surface area (Å²) in [5.41, 5.74) is 0.547. The molecule has 1 atom stereocenters. The highest BCUT2D eigenvalue weighted by atomic mass is 35.5. The van der Waals surface area contributed by atoms with E-state index in [4.69, 9.17) is 28.3 Å². The van der Waals surface area contributed by atoms with Crippen LogP contribution < -0.4 is 0 Å². The zero-order chi connectivity index (χ0) is 15.4. The van der Waals surface area contributed by atoms with Crippen molar-refractivity contribution < 1.29 is 15.0 Å². The van der Waals surface area contributed by atoms with E-state index in [2.05, 4.69) is 0 Å². The predicted molar refractivity (Wildman–Crippen MR) is 82.4 cm³/mol. The van der Waals surface area contributed by atoms with Gasteiger partial charge in [-0.3, -0.25) is 4.79 Å². The highest BCUT2D eigenvalue weighted by molar-refractivity contribution is 6.34. The quantitative estimate of drug-likeness (QED) is 0.891. The lowest BCUT2D eigenvalue weighted by Crippen LogP contribution is -2.39. The number of likely N-dealkylation sites (tertiary alicyclic amines) is 1. The van der Waals surface area contributed by atoms with Gasteiger partial charge in [0.05, 0.1) is 12.5 Å². The van der Waals surface area contributed by atoms with Gasteiger partial charge in [-0.1, -0.05) is 23.2 Å². The van der Waals surface area contributed by atoms with Crippen molar-refractivity contribution in [2.75, 3.05) is 19.7 Å². The Balaban J connectivity index is 1.93. The Bertz CT molecular complexity index is 481. The molecule has 0 radical (unpaired) electrons. The number of aliphatic hydroxyl groups excluding tert-OH is 2. The molecule has 1 aliphatic heterocycles. The first-order valence-electron chi connectivity index (χ1n) is 7.02. The molecule has 1 unspecified atom stereocenters. The second kappa shape index (κ2) is 7.45. The minimum atomic E-state index is -0.913. The molecular weight excluding hydrogens is 313 g/mol. The van der Waals surface area contributed by atoms with E-state index in [1.54, 1.807) is 23.1 Å². The first kappa shape index (κ1) is 16.6. The van der Waals surface area contributed by atoms with Crippen LogP contribution in [0, 0.1) is 5.92 Å². The van der Waals surface area contributed by atoms with Gasteiger partial charge in [-0.25, -0.2) is 0 Å². The van der Waals surface area contributed by atoms with E-state index in [0.717, 1.165) is 12.8 Å². The lowest BCUT2D eigenvalue weighted by molar-refractivity contribution is -0.134. The number of halogens is 2. The molecule has 21 heavy (non-hydrogen) atoms. The maximum absolute atomic E-state index is 12.2. The highest BCUT2D eigenvalue weighted by Crippen LogP contribution is 2.26. The number of carbonyl (C=O) groups excluding carboxylic acids is 1. The van der Waals surface area contributed by atoms with Crippen LogP contribution in [-0.4, -0.2) is 40.7 Å². The molecule has 0 saturated carbocycles. The lowest BCUT2D eigenvalue weighted by Gasteiger charge is -2.31. The van der Waals surface area contributed by atoms with Crippen molar-refractivity contribution in [2.24, 2.45) is 5.92 Å². The molecule has 0 spiro atoms. The Hall–Kier alpha value is -0.810. The molecule has 2 rings (SSSR count). The lowest BCUT2D eigenvalue weighted by atomic mass is 9.97. The standard InChI is InChI=1S/C15H19Cl2NO3/c16-12-5-11(6-13(17)7-12)14(20)8-15(21)18-3-1-10(9-19)2-4-18/h5-7,10,14,19-20H,1-4,8-9H2. The fraction of sp³-hybridized carbons (Fsp3) is 0.533. The molecule has 1 heterocycles. The SMILES string of the molecule is O=C(CC(O)c1cc(Cl)cc(Cl)c1)N1CCC(CO)CC1. The molecule has 6 heteroatoms.